The number of aliphatic hydroxyl groups excluding tert-OH is 1. The summed E-state index contributed by atoms with van der Waals surface area (Å²) in [6.45, 7) is -5.53. The molecular weight excluding hydrogens is 152 g/mol. The molecule has 1 N–H and O–H groups in total. The van der Waals surface area contributed by atoms with E-state index in [0.29, 0.717) is 6.42 Å². The van der Waals surface area contributed by atoms with Crippen LogP contribution in [0.4, 0.5) is 0 Å². The summed E-state index contributed by atoms with van der Waals surface area (Å²) >= 11 is 0. The number of rotatable bonds is 4. The molecule has 1 aromatic rings. The van der Waals surface area contributed by atoms with Crippen LogP contribution in [0.3, 0.4) is 0 Å². The molecule has 0 saturated heterocycles. The molecule has 66 valence electrons. The van der Waals surface area contributed by atoms with Crippen molar-refractivity contribution in [2.24, 2.45) is 0 Å². The molecule has 1 aromatic carbocycles. The van der Waals surface area contributed by atoms with Crippen molar-refractivity contribution in [3.8, 4) is 5.75 Å². The van der Waals surface area contributed by atoms with Crippen LogP contribution in [-0.4, -0.2) is 18.3 Å². The van der Waals surface area contributed by atoms with Crippen LogP contribution < -0.4 is 4.74 Å². The van der Waals surface area contributed by atoms with E-state index >= 15 is 0 Å². The first kappa shape index (κ1) is 4.28. The molecule has 0 fully saturated rings. The van der Waals surface area contributed by atoms with Gasteiger partial charge >= 0.3 is 0 Å². The second kappa shape index (κ2) is 4.78. The number of hydrogen-bond donors (Lipinski definition) is 1. The zero-order chi connectivity index (χ0) is 13.1. The third kappa shape index (κ3) is 2.55. The quantitative estimate of drug-likeness (QED) is 0.746. The fourth-order valence-electron chi connectivity index (χ4n) is 0.912. The van der Waals surface area contributed by atoms with Crippen molar-refractivity contribution in [2.75, 3.05) is 13.2 Å². The topological polar surface area (TPSA) is 29.5 Å². The van der Waals surface area contributed by atoms with Crippen LogP contribution in [0.1, 0.15) is 19.3 Å². The molecule has 0 spiro atoms. The van der Waals surface area contributed by atoms with E-state index in [4.69, 9.17) is 16.7 Å². The monoisotopic (exact) mass is 171 g/mol. The fraction of sp³-hybridized carbons (Fsp3) is 0.400. The van der Waals surface area contributed by atoms with Gasteiger partial charge in [-0.05, 0) is 31.0 Å². The maximum Gasteiger partial charge on any atom is 0.119 e. The Kier molecular flexibility index (Phi) is 1.70. The second-order valence-corrected chi connectivity index (χ2v) is 2.32. The molecule has 0 heterocycles. The lowest BCUT2D eigenvalue weighted by molar-refractivity contribution is 0.299. The van der Waals surface area contributed by atoms with Gasteiger partial charge in [0.05, 0.1) is 9.30 Å². The van der Waals surface area contributed by atoms with Crippen LogP contribution in [0, 0.1) is 0 Å². The largest absolute Gasteiger partial charge is 0.494 e. The predicted molar refractivity (Wildman–Crippen MR) is 48.4 cm³/mol. The molecule has 0 aliphatic heterocycles. The number of benzene rings is 1. The van der Waals surface area contributed by atoms with Crippen LogP contribution in [-0.2, 0) is 6.42 Å². The van der Waals surface area contributed by atoms with E-state index in [-0.39, 0.29) is 12.4 Å². The summed E-state index contributed by atoms with van der Waals surface area (Å²) in [5.74, 6) is 0.146. The highest BCUT2D eigenvalue weighted by Crippen LogP contribution is 2.11. The lowest BCUT2D eigenvalue weighted by Crippen LogP contribution is -1.93. The lowest BCUT2D eigenvalue weighted by atomic mass is 10.1. The molecule has 0 atom stereocenters. The molecule has 0 aliphatic carbocycles. The van der Waals surface area contributed by atoms with E-state index in [1.165, 1.54) is 12.1 Å². The van der Waals surface area contributed by atoms with Crippen LogP contribution in [0.5, 0.6) is 5.75 Å². The second-order valence-electron chi connectivity index (χ2n) is 2.32. The van der Waals surface area contributed by atoms with Gasteiger partial charge in [-0.25, -0.2) is 0 Å². The van der Waals surface area contributed by atoms with Gasteiger partial charge in [0.25, 0.3) is 0 Å². The van der Waals surface area contributed by atoms with Crippen molar-refractivity contribution in [3.05, 3.63) is 29.8 Å². The first-order chi connectivity index (χ1) is 7.76. The Bertz CT molecular complexity index is 358. The highest BCUT2D eigenvalue weighted by molar-refractivity contribution is 5.27. The first-order valence-electron chi connectivity index (χ1n) is 6.15. The Morgan fingerprint density at radius 2 is 2.25 bits per heavy atom. The van der Waals surface area contributed by atoms with Crippen LogP contribution in [0.15, 0.2) is 24.3 Å². The molecule has 0 bridgehead atoms. The molecule has 0 radical (unpaired) electrons. The van der Waals surface area contributed by atoms with E-state index in [0.717, 1.165) is 5.56 Å². The molecule has 12 heavy (non-hydrogen) atoms. The first-order valence-corrected chi connectivity index (χ1v) is 3.65. The molecule has 2 heteroatoms. The Labute approximate surface area is 79.8 Å². The Balaban J connectivity index is 2.76. The maximum absolute atomic E-state index is 8.72. The Morgan fingerprint density at radius 1 is 1.50 bits per heavy atom. The average molecular weight is 171 g/mol. The molecule has 0 unspecified atom stereocenters. The SMILES string of the molecule is [2H]C([2H])([2H])C([2H])([2H])Oc1ccc(CCO)cc1. The van der Waals surface area contributed by atoms with Gasteiger partial charge in [0.2, 0.25) is 0 Å². The highest BCUT2D eigenvalue weighted by atomic mass is 16.5. The van der Waals surface area contributed by atoms with E-state index < -0.39 is 13.4 Å². The third-order valence-electron chi connectivity index (χ3n) is 1.49. The molecule has 2 nitrogen and oxygen atoms in total. The van der Waals surface area contributed by atoms with Gasteiger partial charge in [-0.1, -0.05) is 12.1 Å². The Morgan fingerprint density at radius 3 is 2.83 bits per heavy atom. The standard InChI is InChI=1S/C10H14O2/c1-2-12-10-5-3-9(4-6-10)7-8-11/h3-6,11H,2,7-8H2,1H3/i1D3,2D2. The number of hydrogen-bond acceptors (Lipinski definition) is 2. The summed E-state index contributed by atoms with van der Waals surface area (Å²) in [7, 11) is 0. The van der Waals surface area contributed by atoms with E-state index in [9.17, 15) is 0 Å². The van der Waals surface area contributed by atoms with Gasteiger partial charge in [0.15, 0.2) is 0 Å². The minimum atomic E-state index is -2.84. The third-order valence-corrected chi connectivity index (χ3v) is 1.49. The molecular formula is C10H14O2. The minimum Gasteiger partial charge on any atom is -0.494 e. The summed E-state index contributed by atoms with van der Waals surface area (Å²) in [5.41, 5.74) is 0.870. The summed E-state index contributed by atoms with van der Waals surface area (Å²) < 4.78 is 40.4. The summed E-state index contributed by atoms with van der Waals surface area (Å²) in [6, 6.07) is 6.27. The summed E-state index contributed by atoms with van der Waals surface area (Å²) in [6.07, 6.45) is 0.493. The zero-order valence-corrected chi connectivity index (χ0v) is 6.58. The molecule has 0 aromatic heterocycles. The predicted octanol–water partition coefficient (Wildman–Crippen LogP) is 1.62. The van der Waals surface area contributed by atoms with Gasteiger partial charge in [0.1, 0.15) is 5.75 Å². The van der Waals surface area contributed by atoms with Crippen molar-refractivity contribution >= 4 is 0 Å². The van der Waals surface area contributed by atoms with Crippen molar-refractivity contribution in [1.29, 1.82) is 0 Å². The van der Waals surface area contributed by atoms with Crippen molar-refractivity contribution in [3.63, 3.8) is 0 Å². The number of ether oxygens (including phenoxy) is 1. The van der Waals surface area contributed by atoms with E-state index in [1.54, 1.807) is 12.1 Å². The minimum absolute atomic E-state index is 0.0241. The molecule has 0 amide bonds. The van der Waals surface area contributed by atoms with Crippen molar-refractivity contribution < 1.29 is 16.7 Å². The van der Waals surface area contributed by atoms with Crippen molar-refractivity contribution in [2.45, 2.75) is 13.3 Å². The van der Waals surface area contributed by atoms with E-state index in [1.807, 2.05) is 0 Å². The number of aliphatic hydroxyl groups is 1. The van der Waals surface area contributed by atoms with Crippen LogP contribution in [0.25, 0.3) is 0 Å². The maximum atomic E-state index is 8.72. The van der Waals surface area contributed by atoms with Crippen molar-refractivity contribution in [1.82, 2.24) is 0 Å². The zero-order valence-electron chi connectivity index (χ0n) is 11.6. The smallest absolute Gasteiger partial charge is 0.119 e. The normalized spacial score (nSPS) is 18.2. The van der Waals surface area contributed by atoms with E-state index in [2.05, 4.69) is 0 Å². The van der Waals surface area contributed by atoms with Gasteiger partial charge < -0.3 is 9.84 Å². The average Bonchev–Trinajstić information content (AvgIpc) is 2.19. The van der Waals surface area contributed by atoms with Gasteiger partial charge in [0, 0.05) is 10.7 Å². The van der Waals surface area contributed by atoms with Gasteiger partial charge in [-0.2, -0.15) is 0 Å². The fourth-order valence-corrected chi connectivity index (χ4v) is 0.912. The Hall–Kier alpha value is -1.02. The summed E-state index contributed by atoms with van der Waals surface area (Å²) in [5, 5.41) is 8.72. The van der Waals surface area contributed by atoms with Gasteiger partial charge in [-0.3, -0.25) is 0 Å². The molecule has 0 saturated carbocycles. The van der Waals surface area contributed by atoms with Gasteiger partial charge in [-0.15, -0.1) is 0 Å². The van der Waals surface area contributed by atoms with Crippen LogP contribution >= 0.6 is 0 Å². The highest BCUT2D eigenvalue weighted by Gasteiger charge is 1.93. The van der Waals surface area contributed by atoms with Crippen LogP contribution in [0.2, 0.25) is 0 Å². The summed E-state index contributed by atoms with van der Waals surface area (Å²) in [4.78, 5) is 0. The molecule has 0 aliphatic rings. The molecule has 1 rings (SSSR count). The lowest BCUT2D eigenvalue weighted by Gasteiger charge is -2.03.